The van der Waals surface area contributed by atoms with Gasteiger partial charge in [0.2, 0.25) is 0 Å². The lowest BCUT2D eigenvalue weighted by molar-refractivity contribution is 0.0940. The molecule has 1 saturated heterocycles. The van der Waals surface area contributed by atoms with E-state index < -0.39 is 0 Å². The van der Waals surface area contributed by atoms with Crippen LogP contribution >= 0.6 is 0 Å². The summed E-state index contributed by atoms with van der Waals surface area (Å²) in [6.07, 6.45) is 4.39. The molecule has 1 aliphatic heterocycles. The number of carbonyl (C=O) groups excluding carboxylic acids is 1. The van der Waals surface area contributed by atoms with Gasteiger partial charge in [-0.25, -0.2) is 0 Å². The van der Waals surface area contributed by atoms with E-state index in [0.717, 1.165) is 50.6 Å². The molecule has 0 saturated carbocycles. The quantitative estimate of drug-likeness (QED) is 0.830. The highest BCUT2D eigenvalue weighted by atomic mass is 16.2. The molecule has 0 bridgehead atoms. The van der Waals surface area contributed by atoms with Crippen LogP contribution in [0.2, 0.25) is 0 Å². The molecule has 0 radical (unpaired) electrons. The molecule has 2 N–H and O–H groups in total. The summed E-state index contributed by atoms with van der Waals surface area (Å²) >= 11 is 0. The van der Waals surface area contributed by atoms with Crippen molar-refractivity contribution >= 4 is 5.91 Å². The third-order valence-corrected chi connectivity index (χ3v) is 4.02. The lowest BCUT2D eigenvalue weighted by Crippen LogP contribution is -2.32. The minimum Gasteiger partial charge on any atom is -0.351 e. The van der Waals surface area contributed by atoms with Crippen LogP contribution < -0.4 is 10.6 Å². The lowest BCUT2D eigenvalue weighted by Gasteiger charge is -2.22. The first-order chi connectivity index (χ1) is 9.74. The number of rotatable bonds is 6. The molecular formula is C15H26N4O. The molecule has 20 heavy (non-hydrogen) atoms. The molecule has 0 atom stereocenters. The molecule has 1 amide bonds. The molecule has 112 valence electrons. The molecule has 1 aliphatic rings. The minimum absolute atomic E-state index is 0.00739. The fraction of sp³-hybridized carbons (Fsp3) is 0.733. The Hall–Kier alpha value is -1.36. The fourth-order valence-corrected chi connectivity index (χ4v) is 2.72. The molecule has 1 aromatic rings. The maximum absolute atomic E-state index is 12.2. The first kappa shape index (κ1) is 15.0. The van der Waals surface area contributed by atoms with Gasteiger partial charge in [-0.05, 0) is 57.7 Å². The average Bonchev–Trinajstić information content (AvgIpc) is 2.91. The van der Waals surface area contributed by atoms with Crippen LogP contribution in [-0.2, 0) is 13.0 Å². The van der Waals surface area contributed by atoms with Crippen molar-refractivity contribution in [2.45, 2.75) is 46.1 Å². The van der Waals surface area contributed by atoms with Crippen molar-refractivity contribution in [2.75, 3.05) is 19.6 Å². The highest BCUT2D eigenvalue weighted by molar-refractivity contribution is 5.92. The van der Waals surface area contributed by atoms with E-state index in [1.807, 2.05) is 13.0 Å². The third-order valence-electron chi connectivity index (χ3n) is 4.02. The Labute approximate surface area is 121 Å². The SMILES string of the molecule is CCc1cc(C(=O)NCCC2CCNCC2)n(CC)n1. The lowest BCUT2D eigenvalue weighted by atomic mass is 9.95. The fourth-order valence-electron chi connectivity index (χ4n) is 2.72. The molecular weight excluding hydrogens is 252 g/mol. The number of aryl methyl sites for hydroxylation is 2. The number of hydrogen-bond acceptors (Lipinski definition) is 3. The maximum atomic E-state index is 12.2. The second-order valence-electron chi connectivity index (χ2n) is 5.43. The number of nitrogens with zero attached hydrogens (tertiary/aromatic N) is 2. The van der Waals surface area contributed by atoms with E-state index in [1.165, 1.54) is 12.8 Å². The summed E-state index contributed by atoms with van der Waals surface area (Å²) in [4.78, 5) is 12.2. The van der Waals surface area contributed by atoms with E-state index in [2.05, 4.69) is 22.7 Å². The topological polar surface area (TPSA) is 59.0 Å². The van der Waals surface area contributed by atoms with Crippen LogP contribution in [-0.4, -0.2) is 35.3 Å². The molecule has 2 heterocycles. The molecule has 1 fully saturated rings. The molecule has 5 nitrogen and oxygen atoms in total. The van der Waals surface area contributed by atoms with Gasteiger partial charge >= 0.3 is 0 Å². The van der Waals surface area contributed by atoms with Gasteiger partial charge in [0.1, 0.15) is 5.69 Å². The van der Waals surface area contributed by atoms with Crippen LogP contribution in [0.1, 0.15) is 49.3 Å². The predicted octanol–water partition coefficient (Wildman–Crippen LogP) is 1.58. The van der Waals surface area contributed by atoms with Crippen molar-refractivity contribution in [1.29, 1.82) is 0 Å². The normalized spacial score (nSPS) is 16.3. The molecule has 0 unspecified atom stereocenters. The Morgan fingerprint density at radius 2 is 2.20 bits per heavy atom. The summed E-state index contributed by atoms with van der Waals surface area (Å²) < 4.78 is 1.79. The van der Waals surface area contributed by atoms with Crippen LogP contribution in [0.3, 0.4) is 0 Å². The molecule has 2 rings (SSSR count). The van der Waals surface area contributed by atoms with Gasteiger partial charge in [0.05, 0.1) is 5.69 Å². The van der Waals surface area contributed by atoms with Crippen LogP contribution in [0.25, 0.3) is 0 Å². The number of piperidine rings is 1. The van der Waals surface area contributed by atoms with E-state index in [-0.39, 0.29) is 5.91 Å². The Morgan fingerprint density at radius 3 is 2.85 bits per heavy atom. The van der Waals surface area contributed by atoms with Crippen LogP contribution in [0.15, 0.2) is 6.07 Å². The van der Waals surface area contributed by atoms with Crippen LogP contribution in [0, 0.1) is 5.92 Å². The number of aromatic nitrogens is 2. The van der Waals surface area contributed by atoms with Crippen molar-refractivity contribution in [3.63, 3.8) is 0 Å². The van der Waals surface area contributed by atoms with Crippen molar-refractivity contribution in [2.24, 2.45) is 5.92 Å². The molecule has 1 aromatic heterocycles. The first-order valence-electron chi connectivity index (χ1n) is 7.80. The largest absolute Gasteiger partial charge is 0.351 e. The molecule has 0 aromatic carbocycles. The standard InChI is InChI=1S/C15H26N4O/c1-3-13-11-14(19(4-2)18-13)15(20)17-10-7-12-5-8-16-9-6-12/h11-12,16H,3-10H2,1-2H3,(H,17,20). The van der Waals surface area contributed by atoms with E-state index in [0.29, 0.717) is 5.69 Å². The van der Waals surface area contributed by atoms with Gasteiger partial charge in [-0.3, -0.25) is 9.48 Å². The van der Waals surface area contributed by atoms with E-state index in [9.17, 15) is 4.79 Å². The van der Waals surface area contributed by atoms with Crippen LogP contribution in [0.4, 0.5) is 0 Å². The second-order valence-corrected chi connectivity index (χ2v) is 5.43. The highest BCUT2D eigenvalue weighted by Crippen LogP contribution is 2.15. The Bertz CT molecular complexity index is 435. The van der Waals surface area contributed by atoms with Gasteiger partial charge in [0, 0.05) is 13.1 Å². The van der Waals surface area contributed by atoms with Gasteiger partial charge in [0.15, 0.2) is 0 Å². The summed E-state index contributed by atoms with van der Waals surface area (Å²) in [6.45, 7) is 7.79. The molecule has 5 heteroatoms. The third kappa shape index (κ3) is 3.82. The number of nitrogens with one attached hydrogen (secondary N) is 2. The molecule has 0 aliphatic carbocycles. The summed E-state index contributed by atoms with van der Waals surface area (Å²) in [6, 6.07) is 1.91. The van der Waals surface area contributed by atoms with Crippen molar-refractivity contribution in [3.05, 3.63) is 17.5 Å². The highest BCUT2D eigenvalue weighted by Gasteiger charge is 2.16. The van der Waals surface area contributed by atoms with Crippen molar-refractivity contribution in [3.8, 4) is 0 Å². The second kappa shape index (κ2) is 7.43. The van der Waals surface area contributed by atoms with E-state index >= 15 is 0 Å². The Morgan fingerprint density at radius 1 is 1.45 bits per heavy atom. The summed E-state index contributed by atoms with van der Waals surface area (Å²) in [7, 11) is 0. The van der Waals surface area contributed by atoms with Gasteiger partial charge in [0.25, 0.3) is 5.91 Å². The van der Waals surface area contributed by atoms with Gasteiger partial charge in [-0.2, -0.15) is 5.10 Å². The number of amides is 1. The number of hydrogen-bond donors (Lipinski definition) is 2. The monoisotopic (exact) mass is 278 g/mol. The van der Waals surface area contributed by atoms with E-state index in [1.54, 1.807) is 4.68 Å². The minimum atomic E-state index is 0.00739. The van der Waals surface area contributed by atoms with Crippen molar-refractivity contribution in [1.82, 2.24) is 20.4 Å². The van der Waals surface area contributed by atoms with Crippen LogP contribution in [0.5, 0.6) is 0 Å². The zero-order valence-corrected chi connectivity index (χ0v) is 12.6. The summed E-state index contributed by atoms with van der Waals surface area (Å²) in [5, 5.41) is 10.8. The summed E-state index contributed by atoms with van der Waals surface area (Å²) in [5.74, 6) is 0.756. The Kier molecular flexibility index (Phi) is 5.59. The van der Waals surface area contributed by atoms with E-state index in [4.69, 9.17) is 0 Å². The van der Waals surface area contributed by atoms with Gasteiger partial charge < -0.3 is 10.6 Å². The number of carbonyl (C=O) groups is 1. The first-order valence-corrected chi connectivity index (χ1v) is 7.80. The van der Waals surface area contributed by atoms with Crippen molar-refractivity contribution < 1.29 is 4.79 Å². The summed E-state index contributed by atoms with van der Waals surface area (Å²) in [5.41, 5.74) is 1.67. The molecule has 0 spiro atoms. The average molecular weight is 278 g/mol. The van der Waals surface area contributed by atoms with Gasteiger partial charge in [-0.1, -0.05) is 6.92 Å². The zero-order chi connectivity index (χ0) is 14.4. The zero-order valence-electron chi connectivity index (χ0n) is 12.6. The smallest absolute Gasteiger partial charge is 0.269 e. The Balaban J connectivity index is 1.83. The maximum Gasteiger partial charge on any atom is 0.269 e. The van der Waals surface area contributed by atoms with Gasteiger partial charge in [-0.15, -0.1) is 0 Å². The predicted molar refractivity (Wildman–Crippen MR) is 79.8 cm³/mol.